The molecule has 0 radical (unpaired) electrons. The van der Waals surface area contributed by atoms with E-state index in [4.69, 9.17) is 0 Å². The zero-order valence-electron chi connectivity index (χ0n) is 9.31. The van der Waals surface area contributed by atoms with Crippen molar-refractivity contribution in [1.82, 2.24) is 20.7 Å². The van der Waals surface area contributed by atoms with Gasteiger partial charge in [0.1, 0.15) is 0 Å². The lowest BCUT2D eigenvalue weighted by molar-refractivity contribution is 0.517. The molecular formula is C11H16N4S. The van der Waals surface area contributed by atoms with Crippen molar-refractivity contribution < 1.29 is 0 Å². The van der Waals surface area contributed by atoms with Crippen molar-refractivity contribution in [1.29, 1.82) is 0 Å². The molecule has 2 aromatic rings. The summed E-state index contributed by atoms with van der Waals surface area (Å²) in [7, 11) is 0. The highest BCUT2D eigenvalue weighted by Crippen LogP contribution is 2.17. The SMILES string of the molecule is CCCNC(Cc1ccsc1)c1cn[nH]n1. The Bertz CT molecular complexity index is 382. The van der Waals surface area contributed by atoms with Gasteiger partial charge in [-0.2, -0.15) is 26.7 Å². The summed E-state index contributed by atoms with van der Waals surface area (Å²) in [5.74, 6) is 0. The topological polar surface area (TPSA) is 53.6 Å². The molecule has 0 fully saturated rings. The van der Waals surface area contributed by atoms with E-state index in [1.807, 2.05) is 0 Å². The van der Waals surface area contributed by atoms with Crippen LogP contribution >= 0.6 is 11.3 Å². The summed E-state index contributed by atoms with van der Waals surface area (Å²) in [6.07, 6.45) is 3.88. The van der Waals surface area contributed by atoms with Crippen LogP contribution in [0.2, 0.25) is 0 Å². The van der Waals surface area contributed by atoms with Crippen LogP contribution in [-0.2, 0) is 6.42 Å². The van der Waals surface area contributed by atoms with Crippen LogP contribution in [0.25, 0.3) is 0 Å². The fourth-order valence-electron chi connectivity index (χ4n) is 1.62. The molecule has 2 rings (SSSR count). The van der Waals surface area contributed by atoms with Gasteiger partial charge in [-0.1, -0.05) is 6.92 Å². The molecule has 0 aliphatic rings. The first-order chi connectivity index (χ1) is 7.90. The first-order valence-corrected chi connectivity index (χ1v) is 6.44. The van der Waals surface area contributed by atoms with Gasteiger partial charge in [0, 0.05) is 0 Å². The Morgan fingerprint density at radius 3 is 3.12 bits per heavy atom. The molecule has 0 bridgehead atoms. The van der Waals surface area contributed by atoms with Crippen molar-refractivity contribution in [3.63, 3.8) is 0 Å². The monoisotopic (exact) mass is 236 g/mol. The molecule has 4 nitrogen and oxygen atoms in total. The van der Waals surface area contributed by atoms with Gasteiger partial charge in [-0.3, -0.25) is 0 Å². The number of thiophene rings is 1. The van der Waals surface area contributed by atoms with Gasteiger partial charge in [0.25, 0.3) is 0 Å². The maximum atomic E-state index is 4.15. The Morgan fingerprint density at radius 1 is 1.56 bits per heavy atom. The maximum Gasteiger partial charge on any atom is 0.0997 e. The van der Waals surface area contributed by atoms with E-state index in [-0.39, 0.29) is 6.04 Å². The molecule has 5 heteroatoms. The lowest BCUT2D eigenvalue weighted by Crippen LogP contribution is -2.24. The first-order valence-electron chi connectivity index (χ1n) is 5.50. The molecule has 0 aliphatic carbocycles. The molecule has 2 aromatic heterocycles. The average Bonchev–Trinajstić information content (AvgIpc) is 2.96. The van der Waals surface area contributed by atoms with E-state index in [1.54, 1.807) is 17.5 Å². The molecule has 2 N–H and O–H groups in total. The summed E-state index contributed by atoms with van der Waals surface area (Å²) in [6.45, 7) is 3.17. The van der Waals surface area contributed by atoms with E-state index in [2.05, 4.69) is 44.5 Å². The predicted molar refractivity (Wildman–Crippen MR) is 65.4 cm³/mol. The Balaban J connectivity index is 2.03. The lowest BCUT2D eigenvalue weighted by atomic mass is 10.1. The van der Waals surface area contributed by atoms with Crippen LogP contribution in [0.1, 0.15) is 30.6 Å². The number of rotatable bonds is 6. The van der Waals surface area contributed by atoms with Crippen LogP contribution in [0.4, 0.5) is 0 Å². The third-order valence-electron chi connectivity index (χ3n) is 2.45. The number of aromatic nitrogens is 3. The minimum absolute atomic E-state index is 0.258. The Kier molecular flexibility index (Phi) is 4.07. The van der Waals surface area contributed by atoms with Crippen molar-refractivity contribution in [3.8, 4) is 0 Å². The minimum Gasteiger partial charge on any atom is -0.308 e. The van der Waals surface area contributed by atoms with Crippen LogP contribution in [0.15, 0.2) is 23.0 Å². The van der Waals surface area contributed by atoms with Crippen molar-refractivity contribution >= 4 is 11.3 Å². The quantitative estimate of drug-likeness (QED) is 0.808. The molecule has 16 heavy (non-hydrogen) atoms. The molecular weight excluding hydrogens is 220 g/mol. The molecule has 0 spiro atoms. The minimum atomic E-state index is 0.258. The highest BCUT2D eigenvalue weighted by Gasteiger charge is 2.14. The second kappa shape index (κ2) is 5.77. The van der Waals surface area contributed by atoms with Gasteiger partial charge in [-0.05, 0) is 41.8 Å². The van der Waals surface area contributed by atoms with Crippen molar-refractivity contribution in [2.45, 2.75) is 25.8 Å². The fourth-order valence-corrected chi connectivity index (χ4v) is 2.30. The summed E-state index contributed by atoms with van der Waals surface area (Å²) < 4.78 is 0. The highest BCUT2D eigenvalue weighted by atomic mass is 32.1. The third kappa shape index (κ3) is 2.90. The maximum absolute atomic E-state index is 4.15. The van der Waals surface area contributed by atoms with Gasteiger partial charge in [-0.15, -0.1) is 0 Å². The van der Waals surface area contributed by atoms with E-state index >= 15 is 0 Å². The van der Waals surface area contributed by atoms with E-state index in [1.165, 1.54) is 5.56 Å². The van der Waals surface area contributed by atoms with Crippen molar-refractivity contribution in [2.24, 2.45) is 0 Å². The zero-order chi connectivity index (χ0) is 11.2. The van der Waals surface area contributed by atoms with Crippen LogP contribution < -0.4 is 5.32 Å². The van der Waals surface area contributed by atoms with Gasteiger partial charge in [0.15, 0.2) is 0 Å². The van der Waals surface area contributed by atoms with Gasteiger partial charge in [0.2, 0.25) is 0 Å². The Hall–Kier alpha value is -1.20. The number of aromatic amines is 1. The number of nitrogens with zero attached hydrogens (tertiary/aromatic N) is 2. The molecule has 0 saturated heterocycles. The number of nitrogens with one attached hydrogen (secondary N) is 2. The summed E-state index contributed by atoms with van der Waals surface area (Å²) in [6, 6.07) is 2.42. The van der Waals surface area contributed by atoms with Crippen molar-refractivity contribution in [3.05, 3.63) is 34.3 Å². The molecule has 86 valence electrons. The van der Waals surface area contributed by atoms with Crippen LogP contribution in [0.3, 0.4) is 0 Å². The highest BCUT2D eigenvalue weighted by molar-refractivity contribution is 7.07. The summed E-state index contributed by atoms with van der Waals surface area (Å²) >= 11 is 1.73. The van der Waals surface area contributed by atoms with E-state index < -0.39 is 0 Å². The standard InChI is InChI=1S/C11H16N4S/c1-2-4-12-10(11-7-13-15-14-11)6-9-3-5-16-8-9/h3,5,7-8,10,12H,2,4,6H2,1H3,(H,13,14,15). The number of hydrogen-bond donors (Lipinski definition) is 2. The average molecular weight is 236 g/mol. The molecule has 1 unspecified atom stereocenters. The van der Waals surface area contributed by atoms with Crippen LogP contribution in [0, 0.1) is 0 Å². The lowest BCUT2D eigenvalue weighted by Gasteiger charge is -2.14. The van der Waals surface area contributed by atoms with E-state index in [0.29, 0.717) is 0 Å². The summed E-state index contributed by atoms with van der Waals surface area (Å²) in [4.78, 5) is 0. The molecule has 0 aromatic carbocycles. The second-order valence-corrected chi connectivity index (χ2v) is 4.52. The van der Waals surface area contributed by atoms with Gasteiger partial charge in [0.05, 0.1) is 17.9 Å². The van der Waals surface area contributed by atoms with Crippen molar-refractivity contribution in [2.75, 3.05) is 6.54 Å². The molecule has 2 heterocycles. The van der Waals surface area contributed by atoms with Gasteiger partial charge >= 0.3 is 0 Å². The first kappa shape index (κ1) is 11.3. The Morgan fingerprint density at radius 2 is 2.50 bits per heavy atom. The molecule has 1 atom stereocenters. The van der Waals surface area contributed by atoms with Gasteiger partial charge in [-0.25, -0.2) is 0 Å². The molecule has 0 saturated carbocycles. The number of hydrogen-bond acceptors (Lipinski definition) is 4. The summed E-state index contributed by atoms with van der Waals surface area (Å²) in [5, 5.41) is 18.5. The zero-order valence-corrected chi connectivity index (χ0v) is 10.1. The van der Waals surface area contributed by atoms with Crippen LogP contribution in [-0.4, -0.2) is 22.0 Å². The van der Waals surface area contributed by atoms with E-state index in [9.17, 15) is 0 Å². The smallest absolute Gasteiger partial charge is 0.0997 e. The summed E-state index contributed by atoms with van der Waals surface area (Å²) in [5.41, 5.74) is 2.33. The predicted octanol–water partition coefficient (Wildman–Crippen LogP) is 2.15. The molecule has 0 aliphatic heterocycles. The van der Waals surface area contributed by atoms with Crippen LogP contribution in [0.5, 0.6) is 0 Å². The largest absolute Gasteiger partial charge is 0.308 e. The molecule has 0 amide bonds. The van der Waals surface area contributed by atoms with E-state index in [0.717, 1.165) is 25.1 Å². The third-order valence-corrected chi connectivity index (χ3v) is 3.18. The normalized spacial score (nSPS) is 12.8. The van der Waals surface area contributed by atoms with Gasteiger partial charge < -0.3 is 5.32 Å². The fraction of sp³-hybridized carbons (Fsp3) is 0.455. The number of H-pyrrole nitrogens is 1. The Labute approximate surface area is 99.1 Å². The second-order valence-electron chi connectivity index (χ2n) is 3.74.